The maximum atomic E-state index is 11.3. The maximum Gasteiger partial charge on any atom is 0.328 e. The minimum atomic E-state index is -0.283. The highest BCUT2D eigenvalue weighted by atomic mass is 16.5. The van der Waals surface area contributed by atoms with Crippen molar-refractivity contribution in [3.05, 3.63) is 18.7 Å². The molecule has 0 aliphatic heterocycles. The Morgan fingerprint density at radius 2 is 2.46 bits per heavy atom. The fourth-order valence-corrected chi connectivity index (χ4v) is 0.944. The van der Waals surface area contributed by atoms with Crippen molar-refractivity contribution in [1.82, 2.24) is 9.55 Å². The van der Waals surface area contributed by atoms with E-state index in [1.54, 1.807) is 30.2 Å². The van der Waals surface area contributed by atoms with E-state index >= 15 is 0 Å². The fraction of sp³-hybridized carbons (Fsp3) is 0.556. The van der Waals surface area contributed by atoms with Crippen LogP contribution in [0.1, 0.15) is 26.3 Å². The number of esters is 1. The third-order valence-electron chi connectivity index (χ3n) is 1.76. The van der Waals surface area contributed by atoms with Crippen molar-refractivity contribution in [1.29, 1.82) is 0 Å². The minimum absolute atomic E-state index is 0.208. The number of hydrogen-bond donors (Lipinski definition) is 0. The van der Waals surface area contributed by atoms with Crippen LogP contribution in [0, 0.1) is 0 Å². The first-order chi connectivity index (χ1) is 6.25. The van der Waals surface area contributed by atoms with Gasteiger partial charge in [-0.05, 0) is 13.3 Å². The van der Waals surface area contributed by atoms with Crippen LogP contribution in [0.3, 0.4) is 0 Å². The average molecular weight is 182 g/mol. The number of rotatable bonds is 4. The molecule has 0 bridgehead atoms. The average Bonchev–Trinajstić information content (AvgIpc) is 2.65. The van der Waals surface area contributed by atoms with Crippen molar-refractivity contribution in [3.8, 4) is 0 Å². The summed E-state index contributed by atoms with van der Waals surface area (Å²) >= 11 is 0. The van der Waals surface area contributed by atoms with Crippen LogP contribution in [-0.2, 0) is 9.53 Å². The van der Waals surface area contributed by atoms with Gasteiger partial charge in [0.15, 0.2) is 0 Å². The number of nitrogens with zero attached hydrogens (tertiary/aromatic N) is 2. The topological polar surface area (TPSA) is 44.1 Å². The first-order valence-electron chi connectivity index (χ1n) is 4.39. The van der Waals surface area contributed by atoms with Crippen LogP contribution in [0.5, 0.6) is 0 Å². The molecule has 1 aromatic heterocycles. The Hall–Kier alpha value is -1.32. The standard InChI is InChI=1S/C9H14N2O2/c1-3-6-13-9(12)8(2)11-5-4-10-7-11/h4-5,7-8H,3,6H2,1-2H3. The summed E-state index contributed by atoms with van der Waals surface area (Å²) in [5, 5.41) is 0. The Kier molecular flexibility index (Phi) is 3.49. The molecule has 0 spiro atoms. The molecule has 1 rings (SSSR count). The van der Waals surface area contributed by atoms with Crippen molar-refractivity contribution >= 4 is 5.97 Å². The Labute approximate surface area is 77.5 Å². The second kappa shape index (κ2) is 4.64. The lowest BCUT2D eigenvalue weighted by molar-refractivity contribution is -0.147. The zero-order valence-corrected chi connectivity index (χ0v) is 7.93. The third kappa shape index (κ3) is 2.57. The van der Waals surface area contributed by atoms with E-state index in [1.165, 1.54) is 0 Å². The lowest BCUT2D eigenvalue weighted by Gasteiger charge is -2.11. The van der Waals surface area contributed by atoms with Crippen LogP contribution in [0.2, 0.25) is 0 Å². The predicted molar refractivity (Wildman–Crippen MR) is 48.2 cm³/mol. The van der Waals surface area contributed by atoms with Crippen molar-refractivity contribution < 1.29 is 9.53 Å². The van der Waals surface area contributed by atoms with Gasteiger partial charge in [-0.3, -0.25) is 0 Å². The number of aromatic nitrogens is 2. The van der Waals surface area contributed by atoms with Gasteiger partial charge in [-0.25, -0.2) is 9.78 Å². The summed E-state index contributed by atoms with van der Waals surface area (Å²) < 4.78 is 6.71. The zero-order chi connectivity index (χ0) is 9.68. The van der Waals surface area contributed by atoms with E-state index in [2.05, 4.69) is 4.98 Å². The van der Waals surface area contributed by atoms with E-state index in [4.69, 9.17) is 4.74 Å². The molecule has 0 aromatic carbocycles. The molecule has 0 amide bonds. The van der Waals surface area contributed by atoms with Crippen LogP contribution < -0.4 is 0 Å². The summed E-state index contributed by atoms with van der Waals surface area (Å²) in [6.07, 6.45) is 5.85. The molecule has 1 heterocycles. The largest absolute Gasteiger partial charge is 0.464 e. The van der Waals surface area contributed by atoms with Gasteiger partial charge < -0.3 is 9.30 Å². The second-order valence-electron chi connectivity index (χ2n) is 2.85. The zero-order valence-electron chi connectivity index (χ0n) is 7.93. The van der Waals surface area contributed by atoms with Gasteiger partial charge in [0.2, 0.25) is 0 Å². The highest BCUT2D eigenvalue weighted by molar-refractivity contribution is 5.73. The summed E-state index contributed by atoms with van der Waals surface area (Å²) in [7, 11) is 0. The van der Waals surface area contributed by atoms with E-state index < -0.39 is 0 Å². The fourth-order valence-electron chi connectivity index (χ4n) is 0.944. The molecule has 1 aromatic rings. The molecule has 0 saturated carbocycles. The number of ether oxygens (including phenoxy) is 1. The molecule has 13 heavy (non-hydrogen) atoms. The predicted octanol–water partition coefficient (Wildman–Crippen LogP) is 1.40. The van der Waals surface area contributed by atoms with E-state index in [9.17, 15) is 4.79 Å². The van der Waals surface area contributed by atoms with Gasteiger partial charge in [0.25, 0.3) is 0 Å². The van der Waals surface area contributed by atoms with Crippen LogP contribution >= 0.6 is 0 Å². The molecule has 72 valence electrons. The number of carbonyl (C=O) groups excluding carboxylic acids is 1. The number of imidazole rings is 1. The molecule has 4 heteroatoms. The van der Waals surface area contributed by atoms with Crippen molar-refractivity contribution in [3.63, 3.8) is 0 Å². The molecule has 0 radical (unpaired) electrons. The summed E-state index contributed by atoms with van der Waals surface area (Å²) in [5.74, 6) is -0.208. The van der Waals surface area contributed by atoms with Crippen molar-refractivity contribution in [2.75, 3.05) is 6.61 Å². The number of hydrogen-bond acceptors (Lipinski definition) is 3. The Bertz CT molecular complexity index is 257. The molecule has 0 aliphatic carbocycles. The normalized spacial score (nSPS) is 12.5. The van der Waals surface area contributed by atoms with Gasteiger partial charge in [0, 0.05) is 12.4 Å². The summed E-state index contributed by atoms with van der Waals surface area (Å²) in [6, 6.07) is -0.283. The van der Waals surface area contributed by atoms with E-state index in [0.717, 1.165) is 6.42 Å². The Morgan fingerprint density at radius 3 is 3.00 bits per heavy atom. The highest BCUT2D eigenvalue weighted by Gasteiger charge is 2.14. The smallest absolute Gasteiger partial charge is 0.328 e. The van der Waals surface area contributed by atoms with E-state index in [1.807, 2.05) is 6.92 Å². The lowest BCUT2D eigenvalue weighted by Crippen LogP contribution is -2.18. The van der Waals surface area contributed by atoms with Crippen molar-refractivity contribution in [2.45, 2.75) is 26.3 Å². The molecule has 0 N–H and O–H groups in total. The monoisotopic (exact) mass is 182 g/mol. The van der Waals surface area contributed by atoms with Gasteiger partial charge in [-0.15, -0.1) is 0 Å². The number of carbonyl (C=O) groups is 1. The second-order valence-corrected chi connectivity index (χ2v) is 2.85. The Morgan fingerprint density at radius 1 is 1.69 bits per heavy atom. The molecular formula is C9H14N2O2. The van der Waals surface area contributed by atoms with Gasteiger partial charge in [0.1, 0.15) is 6.04 Å². The molecular weight excluding hydrogens is 168 g/mol. The maximum absolute atomic E-state index is 11.3. The summed E-state index contributed by atoms with van der Waals surface area (Å²) in [6.45, 7) is 4.24. The first-order valence-corrected chi connectivity index (χ1v) is 4.39. The molecule has 1 unspecified atom stereocenters. The first kappa shape index (κ1) is 9.77. The van der Waals surface area contributed by atoms with E-state index in [0.29, 0.717) is 6.61 Å². The summed E-state index contributed by atoms with van der Waals surface area (Å²) in [5.41, 5.74) is 0. The van der Waals surface area contributed by atoms with Gasteiger partial charge in [0.05, 0.1) is 12.9 Å². The van der Waals surface area contributed by atoms with Gasteiger partial charge >= 0.3 is 5.97 Å². The lowest BCUT2D eigenvalue weighted by atomic mass is 10.3. The van der Waals surface area contributed by atoms with Gasteiger partial charge in [-0.1, -0.05) is 6.92 Å². The molecule has 4 nitrogen and oxygen atoms in total. The van der Waals surface area contributed by atoms with Crippen LogP contribution in [-0.4, -0.2) is 22.1 Å². The third-order valence-corrected chi connectivity index (χ3v) is 1.76. The summed E-state index contributed by atoms with van der Waals surface area (Å²) in [4.78, 5) is 15.2. The minimum Gasteiger partial charge on any atom is -0.464 e. The molecule has 1 atom stereocenters. The van der Waals surface area contributed by atoms with Crippen LogP contribution in [0.25, 0.3) is 0 Å². The Balaban J connectivity index is 2.48. The molecule has 0 saturated heterocycles. The quantitative estimate of drug-likeness (QED) is 0.661. The van der Waals surface area contributed by atoms with E-state index in [-0.39, 0.29) is 12.0 Å². The van der Waals surface area contributed by atoms with Crippen LogP contribution in [0.4, 0.5) is 0 Å². The van der Waals surface area contributed by atoms with Crippen LogP contribution in [0.15, 0.2) is 18.7 Å². The SMILES string of the molecule is CCCOC(=O)C(C)n1ccnc1. The van der Waals surface area contributed by atoms with Gasteiger partial charge in [-0.2, -0.15) is 0 Å². The highest BCUT2D eigenvalue weighted by Crippen LogP contribution is 2.06. The van der Waals surface area contributed by atoms with Crippen molar-refractivity contribution in [2.24, 2.45) is 0 Å². The molecule has 0 fully saturated rings. The molecule has 0 aliphatic rings.